The van der Waals surface area contributed by atoms with Crippen molar-refractivity contribution in [1.29, 1.82) is 0 Å². The van der Waals surface area contributed by atoms with Crippen LogP contribution in [0.1, 0.15) is 47.1 Å². The number of carbonyl (C=O) groups is 3. The number of halogens is 1. The van der Waals surface area contributed by atoms with E-state index in [1.165, 1.54) is 0 Å². The number of alkyl halides is 1. The Morgan fingerprint density at radius 2 is 1.54 bits per heavy atom. The molecule has 1 fully saturated rings. The first-order valence-electron chi connectivity index (χ1n) is 11.4. The predicted molar refractivity (Wildman–Crippen MR) is 126 cm³/mol. The number of hydrogen-bond donors (Lipinski definition) is 1. The van der Waals surface area contributed by atoms with Crippen molar-refractivity contribution in [2.45, 2.75) is 78.9 Å². The second kappa shape index (κ2) is 12.2. The molecule has 5 atom stereocenters. The van der Waals surface area contributed by atoms with Crippen molar-refractivity contribution in [1.82, 2.24) is 0 Å². The zero-order valence-corrected chi connectivity index (χ0v) is 21.7. The molecule has 0 saturated carbocycles. The second-order valence-corrected chi connectivity index (χ2v) is 10.7. The van der Waals surface area contributed by atoms with Crippen molar-refractivity contribution >= 4 is 29.5 Å². The summed E-state index contributed by atoms with van der Waals surface area (Å²) in [6.45, 7) is 9.75. The highest BCUT2D eigenvalue weighted by Gasteiger charge is 2.51. The highest BCUT2D eigenvalue weighted by Crippen LogP contribution is 2.30. The minimum Gasteiger partial charge on any atom is -0.462 e. The van der Waals surface area contributed by atoms with Gasteiger partial charge in [-0.05, 0) is 47.1 Å². The molecule has 9 nitrogen and oxygen atoms in total. The lowest BCUT2D eigenvalue weighted by molar-refractivity contribution is -0.310. The van der Waals surface area contributed by atoms with Crippen molar-refractivity contribution in [3.63, 3.8) is 0 Å². The van der Waals surface area contributed by atoms with Crippen molar-refractivity contribution in [2.24, 2.45) is 10.8 Å². The smallest absolute Gasteiger partial charge is 0.321 e. The average Bonchev–Trinajstić information content (AvgIpc) is 2.78. The molecule has 35 heavy (non-hydrogen) atoms. The zero-order valence-electron chi connectivity index (χ0n) is 21.0. The van der Waals surface area contributed by atoms with Gasteiger partial charge in [0.25, 0.3) is 0 Å². The highest BCUT2D eigenvalue weighted by atomic mass is 35.5. The molecule has 196 valence electrons. The first-order valence-corrected chi connectivity index (χ1v) is 11.9. The van der Waals surface area contributed by atoms with E-state index in [4.69, 9.17) is 35.3 Å². The van der Waals surface area contributed by atoms with Crippen molar-refractivity contribution in [3.05, 3.63) is 35.9 Å². The zero-order chi connectivity index (χ0) is 26.4. The molecule has 2 rings (SSSR count). The molecule has 0 aromatic heterocycles. The van der Waals surface area contributed by atoms with E-state index >= 15 is 0 Å². The Morgan fingerprint density at radius 3 is 2.09 bits per heavy atom. The molecule has 0 spiro atoms. The van der Waals surface area contributed by atoms with Crippen molar-refractivity contribution < 1.29 is 43.2 Å². The lowest BCUT2D eigenvalue weighted by Crippen LogP contribution is -2.62. The third-order valence-corrected chi connectivity index (χ3v) is 5.32. The summed E-state index contributed by atoms with van der Waals surface area (Å²) in [7, 11) is 0. The minimum atomic E-state index is -1.49. The van der Waals surface area contributed by atoms with E-state index in [-0.39, 0.29) is 13.2 Å². The Balaban J connectivity index is 2.33. The number of hydrogen-bond acceptors (Lipinski definition) is 9. The van der Waals surface area contributed by atoms with Gasteiger partial charge >= 0.3 is 17.9 Å². The van der Waals surface area contributed by atoms with Gasteiger partial charge in [-0.15, -0.1) is 11.6 Å². The van der Waals surface area contributed by atoms with Crippen LogP contribution in [0.2, 0.25) is 0 Å². The van der Waals surface area contributed by atoms with E-state index in [9.17, 15) is 19.5 Å². The standard InChI is InChI=1S/C25H35ClO9/c1-24(2,3)22(29)32-14-16-18(28)19(35-23(30)25(4,5)6)20(34-17(27)12-26)21(33-16)31-13-15-10-8-7-9-11-15/h7-11,16,18-21,28H,12-14H2,1-6H3/t16?,18-,19-,20?,21+/m0/s1. The summed E-state index contributed by atoms with van der Waals surface area (Å²) in [4.78, 5) is 37.1. The minimum absolute atomic E-state index is 0.0744. The summed E-state index contributed by atoms with van der Waals surface area (Å²) in [5, 5.41) is 11.0. The largest absolute Gasteiger partial charge is 0.462 e. The molecule has 1 saturated heterocycles. The summed E-state index contributed by atoms with van der Waals surface area (Å²) >= 11 is 5.63. The number of aliphatic hydroxyl groups excluding tert-OH is 1. The third kappa shape index (κ3) is 8.45. The van der Waals surface area contributed by atoms with Gasteiger partial charge in [0.2, 0.25) is 0 Å². The summed E-state index contributed by atoms with van der Waals surface area (Å²) in [5.41, 5.74) is -0.879. The van der Waals surface area contributed by atoms with Crippen LogP contribution in [0.4, 0.5) is 0 Å². The SMILES string of the molecule is CC(C)(C)C(=O)OCC1O[C@@H](OCc2ccccc2)C(OC(=O)CCl)[C@@H](OC(=O)C(C)(C)C)[C@H]1O. The van der Waals surface area contributed by atoms with Crippen LogP contribution < -0.4 is 0 Å². The van der Waals surface area contributed by atoms with Gasteiger partial charge in [0, 0.05) is 0 Å². The molecule has 0 amide bonds. The lowest BCUT2D eigenvalue weighted by Gasteiger charge is -2.43. The molecule has 0 bridgehead atoms. The molecule has 1 aliphatic heterocycles. The molecular weight excluding hydrogens is 480 g/mol. The van der Waals surface area contributed by atoms with Crippen molar-refractivity contribution in [3.8, 4) is 0 Å². The van der Waals surface area contributed by atoms with E-state index < -0.39 is 65.3 Å². The Bertz CT molecular complexity index is 860. The van der Waals surface area contributed by atoms with Crippen LogP contribution in [0, 0.1) is 10.8 Å². The van der Waals surface area contributed by atoms with Gasteiger partial charge in [-0.1, -0.05) is 30.3 Å². The number of ether oxygens (including phenoxy) is 5. The van der Waals surface area contributed by atoms with E-state index in [2.05, 4.69) is 0 Å². The Labute approximate surface area is 211 Å². The Morgan fingerprint density at radius 1 is 0.943 bits per heavy atom. The first-order chi connectivity index (χ1) is 16.2. The number of aliphatic hydroxyl groups is 1. The second-order valence-electron chi connectivity index (χ2n) is 10.4. The van der Waals surface area contributed by atoms with Gasteiger partial charge in [-0.2, -0.15) is 0 Å². The van der Waals surface area contributed by atoms with Crippen LogP contribution >= 0.6 is 11.6 Å². The third-order valence-electron chi connectivity index (χ3n) is 5.10. The summed E-state index contributed by atoms with van der Waals surface area (Å²) in [6.07, 6.45) is -6.53. The Kier molecular flexibility index (Phi) is 10.1. The maximum atomic E-state index is 12.7. The number of rotatable bonds is 8. The molecule has 2 unspecified atom stereocenters. The van der Waals surface area contributed by atoms with Crippen LogP contribution in [0.3, 0.4) is 0 Å². The molecule has 10 heteroatoms. The molecule has 1 N–H and O–H groups in total. The molecular formula is C25H35ClO9. The van der Waals surface area contributed by atoms with Crippen LogP contribution in [0.5, 0.6) is 0 Å². The van der Waals surface area contributed by atoms with E-state index in [1.54, 1.807) is 41.5 Å². The van der Waals surface area contributed by atoms with E-state index in [1.807, 2.05) is 30.3 Å². The molecule has 0 aliphatic carbocycles. The van der Waals surface area contributed by atoms with Crippen LogP contribution in [0.25, 0.3) is 0 Å². The van der Waals surface area contributed by atoms with Gasteiger partial charge in [-0.3, -0.25) is 14.4 Å². The summed E-state index contributed by atoms with van der Waals surface area (Å²) in [5.74, 6) is -2.42. The van der Waals surface area contributed by atoms with E-state index in [0.717, 1.165) is 5.56 Å². The number of esters is 3. The molecule has 1 heterocycles. The maximum Gasteiger partial charge on any atom is 0.321 e. The summed E-state index contributed by atoms with van der Waals surface area (Å²) in [6, 6.07) is 9.17. The average molecular weight is 515 g/mol. The van der Waals surface area contributed by atoms with Crippen LogP contribution in [-0.4, -0.2) is 66.2 Å². The number of benzene rings is 1. The van der Waals surface area contributed by atoms with E-state index in [0.29, 0.717) is 0 Å². The fourth-order valence-corrected chi connectivity index (χ4v) is 3.10. The maximum absolute atomic E-state index is 12.7. The highest BCUT2D eigenvalue weighted by molar-refractivity contribution is 6.26. The van der Waals surface area contributed by atoms with Crippen LogP contribution in [-0.2, 0) is 44.7 Å². The van der Waals surface area contributed by atoms with Gasteiger partial charge in [0.1, 0.15) is 24.7 Å². The molecule has 1 aliphatic rings. The molecule has 0 radical (unpaired) electrons. The van der Waals surface area contributed by atoms with Gasteiger partial charge in [0.15, 0.2) is 18.5 Å². The Hall–Kier alpha value is -2.20. The van der Waals surface area contributed by atoms with Crippen LogP contribution in [0.15, 0.2) is 30.3 Å². The van der Waals surface area contributed by atoms with Gasteiger partial charge in [0.05, 0.1) is 17.4 Å². The molecule has 1 aromatic carbocycles. The topological polar surface area (TPSA) is 118 Å². The predicted octanol–water partition coefficient (Wildman–Crippen LogP) is 2.99. The first kappa shape index (κ1) is 29.0. The van der Waals surface area contributed by atoms with Gasteiger partial charge < -0.3 is 28.8 Å². The number of carbonyl (C=O) groups excluding carboxylic acids is 3. The van der Waals surface area contributed by atoms with Crippen molar-refractivity contribution in [2.75, 3.05) is 12.5 Å². The molecule has 1 aromatic rings. The lowest BCUT2D eigenvalue weighted by atomic mass is 9.95. The fraction of sp³-hybridized carbons (Fsp3) is 0.640. The monoisotopic (exact) mass is 514 g/mol. The van der Waals surface area contributed by atoms with Gasteiger partial charge in [-0.25, -0.2) is 0 Å². The normalized spacial score (nSPS) is 25.0. The quantitative estimate of drug-likeness (QED) is 0.317. The summed E-state index contributed by atoms with van der Waals surface area (Å²) < 4.78 is 28.1. The fourth-order valence-electron chi connectivity index (χ4n) is 3.03.